The maximum Gasteiger partial charge on any atom is 0.343 e. The van der Waals surface area contributed by atoms with Gasteiger partial charge in [0, 0.05) is 19.4 Å². The maximum atomic E-state index is 5.60. The highest BCUT2D eigenvalue weighted by Crippen LogP contribution is 2.14. The van der Waals surface area contributed by atoms with Crippen molar-refractivity contribution >= 4 is 5.95 Å². The molecule has 2 N–H and O–H groups in total. The molecule has 10 nitrogen and oxygen atoms in total. The van der Waals surface area contributed by atoms with Gasteiger partial charge in [0.05, 0.1) is 0 Å². The molecule has 0 aliphatic heterocycles. The molecule has 3 rings (SSSR count). The summed E-state index contributed by atoms with van der Waals surface area (Å²) in [4.78, 5) is 19.7. The fraction of sp³-hybridized carbons (Fsp3) is 0.111. The summed E-state index contributed by atoms with van der Waals surface area (Å²) < 4.78 is 8.38. The first-order valence-electron chi connectivity index (χ1n) is 5.24. The first kappa shape index (κ1) is 11.1. The van der Waals surface area contributed by atoms with Crippen molar-refractivity contribution in [2.24, 2.45) is 7.05 Å². The molecule has 0 aliphatic rings. The summed E-state index contributed by atoms with van der Waals surface area (Å²) in [6, 6.07) is 0.145. The SMILES string of the molecule is Cn1cnc(Oc2nc(N)nc(-n3ccnc3)n2)n1. The van der Waals surface area contributed by atoms with E-state index in [1.54, 1.807) is 24.0 Å². The second-order valence-corrected chi connectivity index (χ2v) is 3.55. The Morgan fingerprint density at radius 2 is 2.05 bits per heavy atom. The van der Waals surface area contributed by atoms with Crippen LogP contribution in [-0.2, 0) is 7.05 Å². The first-order chi connectivity index (χ1) is 9.20. The van der Waals surface area contributed by atoms with Crippen LogP contribution < -0.4 is 10.5 Å². The van der Waals surface area contributed by atoms with Gasteiger partial charge in [-0.2, -0.15) is 19.9 Å². The number of anilines is 1. The summed E-state index contributed by atoms with van der Waals surface area (Å²) in [6.07, 6.45) is 6.31. The Labute approximate surface area is 106 Å². The summed E-state index contributed by atoms with van der Waals surface area (Å²) >= 11 is 0. The quantitative estimate of drug-likeness (QED) is 0.671. The number of aryl methyl sites for hydroxylation is 1. The fourth-order valence-electron chi connectivity index (χ4n) is 1.35. The Balaban J connectivity index is 1.94. The average molecular weight is 259 g/mol. The van der Waals surface area contributed by atoms with Crippen LogP contribution in [0.3, 0.4) is 0 Å². The van der Waals surface area contributed by atoms with E-state index in [4.69, 9.17) is 10.5 Å². The molecule has 0 amide bonds. The van der Waals surface area contributed by atoms with E-state index in [-0.39, 0.29) is 18.0 Å². The van der Waals surface area contributed by atoms with Crippen LogP contribution in [0.25, 0.3) is 5.95 Å². The Bertz CT molecular complexity index is 690. The number of imidazole rings is 1. The van der Waals surface area contributed by atoms with Gasteiger partial charge in [0.1, 0.15) is 12.7 Å². The van der Waals surface area contributed by atoms with E-state index in [0.717, 1.165) is 0 Å². The minimum atomic E-state index is 0.0161. The van der Waals surface area contributed by atoms with Gasteiger partial charge in [-0.1, -0.05) is 0 Å². The molecule has 10 heteroatoms. The highest BCUT2D eigenvalue weighted by molar-refractivity contribution is 5.25. The van der Waals surface area contributed by atoms with E-state index in [1.165, 1.54) is 17.3 Å². The maximum absolute atomic E-state index is 5.60. The van der Waals surface area contributed by atoms with Crippen molar-refractivity contribution in [2.75, 3.05) is 5.73 Å². The lowest BCUT2D eigenvalue weighted by molar-refractivity contribution is 0.403. The van der Waals surface area contributed by atoms with Gasteiger partial charge < -0.3 is 10.5 Å². The fourth-order valence-corrected chi connectivity index (χ4v) is 1.35. The Morgan fingerprint density at radius 1 is 1.16 bits per heavy atom. The summed E-state index contributed by atoms with van der Waals surface area (Å²) in [6.45, 7) is 0. The van der Waals surface area contributed by atoms with Crippen molar-refractivity contribution in [3.05, 3.63) is 25.0 Å². The smallest absolute Gasteiger partial charge is 0.343 e. The minimum Gasteiger partial charge on any atom is -0.387 e. The Hall–Kier alpha value is -3.04. The largest absolute Gasteiger partial charge is 0.387 e. The molecule has 3 aromatic heterocycles. The Morgan fingerprint density at radius 3 is 2.74 bits per heavy atom. The highest BCUT2D eigenvalue weighted by atomic mass is 16.5. The molecule has 3 heterocycles. The van der Waals surface area contributed by atoms with Gasteiger partial charge in [-0.3, -0.25) is 9.25 Å². The van der Waals surface area contributed by atoms with E-state index in [9.17, 15) is 0 Å². The number of nitrogen functional groups attached to an aromatic ring is 1. The van der Waals surface area contributed by atoms with E-state index in [2.05, 4.69) is 30.0 Å². The zero-order chi connectivity index (χ0) is 13.2. The van der Waals surface area contributed by atoms with Gasteiger partial charge in [-0.15, -0.1) is 5.10 Å². The van der Waals surface area contributed by atoms with Crippen LogP contribution in [0.2, 0.25) is 0 Å². The number of hydrogen-bond acceptors (Lipinski definition) is 8. The summed E-state index contributed by atoms with van der Waals surface area (Å²) in [7, 11) is 1.72. The van der Waals surface area contributed by atoms with Crippen LogP contribution >= 0.6 is 0 Å². The van der Waals surface area contributed by atoms with Gasteiger partial charge in [0.2, 0.25) is 11.9 Å². The van der Waals surface area contributed by atoms with Crippen LogP contribution in [-0.4, -0.2) is 39.3 Å². The first-order valence-corrected chi connectivity index (χ1v) is 5.24. The number of nitrogens with zero attached hydrogens (tertiary/aromatic N) is 8. The van der Waals surface area contributed by atoms with Crippen molar-refractivity contribution in [1.82, 2.24) is 39.3 Å². The van der Waals surface area contributed by atoms with Crippen LogP contribution in [0.15, 0.2) is 25.0 Å². The van der Waals surface area contributed by atoms with Crippen molar-refractivity contribution in [3.8, 4) is 18.0 Å². The average Bonchev–Trinajstić information content (AvgIpc) is 3.00. The topological polar surface area (TPSA) is 122 Å². The molecule has 0 radical (unpaired) electrons. The van der Waals surface area contributed by atoms with Gasteiger partial charge in [-0.05, 0) is 0 Å². The normalized spacial score (nSPS) is 10.6. The van der Waals surface area contributed by atoms with Crippen molar-refractivity contribution in [3.63, 3.8) is 0 Å². The van der Waals surface area contributed by atoms with Crippen molar-refractivity contribution in [2.45, 2.75) is 0 Å². The van der Waals surface area contributed by atoms with Gasteiger partial charge in [0.15, 0.2) is 0 Å². The summed E-state index contributed by atoms with van der Waals surface area (Å²) in [5, 5.41) is 3.95. The zero-order valence-electron chi connectivity index (χ0n) is 9.87. The third-order valence-electron chi connectivity index (χ3n) is 2.12. The zero-order valence-corrected chi connectivity index (χ0v) is 9.87. The molecule has 0 atom stereocenters. The highest BCUT2D eigenvalue weighted by Gasteiger charge is 2.10. The summed E-state index contributed by atoms with van der Waals surface area (Å²) in [5.74, 6) is 0.334. The molecule has 0 saturated heterocycles. The van der Waals surface area contributed by atoms with Crippen LogP contribution in [0.5, 0.6) is 12.0 Å². The minimum absolute atomic E-state index is 0.0161. The van der Waals surface area contributed by atoms with Gasteiger partial charge in [-0.25, -0.2) is 4.98 Å². The molecule has 0 aliphatic carbocycles. The second kappa shape index (κ2) is 4.33. The predicted octanol–water partition coefficient (Wildman–Crippen LogP) is -0.440. The van der Waals surface area contributed by atoms with E-state index in [1.807, 2.05) is 0 Å². The molecular formula is C9H9N9O. The monoisotopic (exact) mass is 259 g/mol. The third-order valence-corrected chi connectivity index (χ3v) is 2.12. The lowest BCUT2D eigenvalue weighted by Gasteiger charge is -2.03. The third kappa shape index (κ3) is 2.31. The van der Waals surface area contributed by atoms with Gasteiger partial charge in [0.25, 0.3) is 0 Å². The lowest BCUT2D eigenvalue weighted by Crippen LogP contribution is -2.06. The van der Waals surface area contributed by atoms with E-state index in [0.29, 0.717) is 5.95 Å². The molecule has 0 unspecified atom stereocenters. The van der Waals surface area contributed by atoms with E-state index < -0.39 is 0 Å². The number of ether oxygens (including phenoxy) is 1. The molecule has 96 valence electrons. The molecule has 0 saturated carbocycles. The van der Waals surface area contributed by atoms with Crippen molar-refractivity contribution in [1.29, 1.82) is 0 Å². The Kier molecular flexibility index (Phi) is 2.52. The molecule has 0 fully saturated rings. The standard InChI is InChI=1S/C9H9N9O/c1-17-5-12-8(16-17)19-9-14-6(10)13-7(15-9)18-3-2-11-4-18/h2-5H,1H3,(H2,10,13,14,15). The molecule has 0 aromatic carbocycles. The summed E-state index contributed by atoms with van der Waals surface area (Å²) in [5.41, 5.74) is 5.60. The van der Waals surface area contributed by atoms with Crippen LogP contribution in [0.4, 0.5) is 5.95 Å². The van der Waals surface area contributed by atoms with Crippen molar-refractivity contribution < 1.29 is 4.74 Å². The van der Waals surface area contributed by atoms with Gasteiger partial charge >= 0.3 is 12.0 Å². The predicted molar refractivity (Wildman–Crippen MR) is 62.4 cm³/mol. The molecule has 3 aromatic rings. The molecular weight excluding hydrogens is 250 g/mol. The van der Waals surface area contributed by atoms with Crippen LogP contribution in [0.1, 0.15) is 0 Å². The number of nitrogens with two attached hydrogens (primary N) is 1. The number of aromatic nitrogens is 8. The number of hydrogen-bond donors (Lipinski definition) is 1. The number of rotatable bonds is 3. The van der Waals surface area contributed by atoms with E-state index >= 15 is 0 Å². The second-order valence-electron chi connectivity index (χ2n) is 3.55. The molecule has 0 bridgehead atoms. The molecule has 0 spiro atoms. The van der Waals surface area contributed by atoms with Crippen LogP contribution in [0, 0.1) is 0 Å². The molecule has 19 heavy (non-hydrogen) atoms. The lowest BCUT2D eigenvalue weighted by atomic mass is 10.8.